The Bertz CT molecular complexity index is 568. The summed E-state index contributed by atoms with van der Waals surface area (Å²) in [6.45, 7) is 0. The van der Waals surface area contributed by atoms with Crippen molar-refractivity contribution in [2.45, 2.75) is 42.8 Å². The fraction of sp³-hybridized carbons (Fsp3) is 0.588. The molecule has 0 amide bonds. The minimum absolute atomic E-state index is 0.320. The zero-order valence-electron chi connectivity index (χ0n) is 11.4. The van der Waals surface area contributed by atoms with Gasteiger partial charge in [-0.1, -0.05) is 22.0 Å². The lowest BCUT2D eigenvalue weighted by Gasteiger charge is -2.45. The molecular weight excluding hydrogens is 316 g/mol. The van der Waals surface area contributed by atoms with Gasteiger partial charge in [0, 0.05) is 17.2 Å². The number of fused-ring (bicyclic) bond motifs is 5. The first-order chi connectivity index (χ1) is 9.65. The van der Waals surface area contributed by atoms with Gasteiger partial charge >= 0.3 is 0 Å². The van der Waals surface area contributed by atoms with Crippen molar-refractivity contribution >= 4 is 21.7 Å². The predicted octanol–water partition coefficient (Wildman–Crippen LogP) is 4.32. The molecule has 0 saturated heterocycles. The Hall–Kier alpha value is -0.830. The second-order valence-corrected chi connectivity index (χ2v) is 7.74. The number of halogens is 1. The van der Waals surface area contributed by atoms with Crippen LogP contribution >= 0.6 is 15.9 Å². The van der Waals surface area contributed by atoms with E-state index < -0.39 is 0 Å². The molecule has 106 valence electrons. The van der Waals surface area contributed by atoms with Crippen LogP contribution in [0.4, 0.5) is 0 Å². The number of benzene rings is 1. The van der Waals surface area contributed by atoms with Crippen molar-refractivity contribution in [3.05, 3.63) is 29.3 Å². The standard InChI is InChI=1S/C17H19BrO2/c18-16-8-14-10(11-2-1-9(19)7-15(11)16)3-4-13-12(14)5-6-17(13)20/h1-2,7,10,12-14,16,19H,3-6,8H2/t10?,12?,13?,14?,16-/m1/s1. The first-order valence-corrected chi connectivity index (χ1v) is 8.56. The second-order valence-electron chi connectivity index (χ2n) is 6.64. The highest BCUT2D eigenvalue weighted by Gasteiger charge is 2.48. The molecule has 0 radical (unpaired) electrons. The van der Waals surface area contributed by atoms with E-state index >= 15 is 0 Å². The molecule has 2 nitrogen and oxygen atoms in total. The summed E-state index contributed by atoms with van der Waals surface area (Å²) in [5.41, 5.74) is 2.66. The summed E-state index contributed by atoms with van der Waals surface area (Å²) in [4.78, 5) is 12.3. The van der Waals surface area contributed by atoms with Crippen LogP contribution in [0.3, 0.4) is 0 Å². The molecule has 1 aromatic carbocycles. The van der Waals surface area contributed by atoms with Crippen molar-refractivity contribution in [3.63, 3.8) is 0 Å². The number of hydrogen-bond acceptors (Lipinski definition) is 2. The molecule has 0 bridgehead atoms. The second kappa shape index (κ2) is 4.59. The summed E-state index contributed by atoms with van der Waals surface area (Å²) < 4.78 is 0. The van der Waals surface area contributed by atoms with E-state index in [4.69, 9.17) is 0 Å². The molecule has 3 aliphatic carbocycles. The van der Waals surface area contributed by atoms with Crippen LogP contribution in [0, 0.1) is 17.8 Å². The maximum absolute atomic E-state index is 12.0. The van der Waals surface area contributed by atoms with E-state index in [1.807, 2.05) is 12.1 Å². The number of aromatic hydroxyl groups is 1. The SMILES string of the molecule is O=C1CCC2C1CCC1c3ccc(O)cc3[C@H](Br)CC12. The third-order valence-electron chi connectivity index (χ3n) is 5.80. The average molecular weight is 335 g/mol. The highest BCUT2D eigenvalue weighted by Crippen LogP contribution is 2.57. The maximum Gasteiger partial charge on any atom is 0.136 e. The van der Waals surface area contributed by atoms with E-state index in [9.17, 15) is 9.90 Å². The Morgan fingerprint density at radius 1 is 1.05 bits per heavy atom. The van der Waals surface area contributed by atoms with Crippen molar-refractivity contribution in [2.75, 3.05) is 0 Å². The van der Waals surface area contributed by atoms with Crippen molar-refractivity contribution < 1.29 is 9.90 Å². The number of phenolic OH excluding ortho intramolecular Hbond substituents is 1. The normalized spacial score (nSPS) is 39.0. The molecule has 0 heterocycles. The fourth-order valence-electron chi connectivity index (χ4n) is 4.96. The van der Waals surface area contributed by atoms with Crippen LogP contribution in [-0.4, -0.2) is 10.9 Å². The molecule has 4 rings (SSSR count). The number of rotatable bonds is 0. The van der Waals surface area contributed by atoms with E-state index in [0.29, 0.717) is 40.0 Å². The van der Waals surface area contributed by atoms with E-state index in [1.165, 1.54) is 11.1 Å². The van der Waals surface area contributed by atoms with Crippen LogP contribution in [-0.2, 0) is 4.79 Å². The van der Waals surface area contributed by atoms with Crippen molar-refractivity contribution in [2.24, 2.45) is 17.8 Å². The quantitative estimate of drug-likeness (QED) is 0.717. The van der Waals surface area contributed by atoms with Crippen LogP contribution in [0.25, 0.3) is 0 Å². The van der Waals surface area contributed by atoms with Crippen molar-refractivity contribution in [3.8, 4) is 5.75 Å². The molecule has 0 spiro atoms. The lowest BCUT2D eigenvalue weighted by molar-refractivity contribution is -0.122. The van der Waals surface area contributed by atoms with E-state index in [-0.39, 0.29) is 0 Å². The number of Topliss-reactive ketones (excluding diaryl/α,β-unsaturated/α-hetero) is 1. The first kappa shape index (κ1) is 12.9. The third-order valence-corrected chi connectivity index (χ3v) is 6.66. The predicted molar refractivity (Wildman–Crippen MR) is 81.1 cm³/mol. The number of carbonyl (C=O) groups is 1. The van der Waals surface area contributed by atoms with Gasteiger partial charge in [0.25, 0.3) is 0 Å². The molecule has 3 aliphatic rings. The smallest absolute Gasteiger partial charge is 0.136 e. The first-order valence-electron chi connectivity index (χ1n) is 7.64. The lowest BCUT2D eigenvalue weighted by atomic mass is 9.61. The van der Waals surface area contributed by atoms with Crippen LogP contribution in [0.2, 0.25) is 0 Å². The monoisotopic (exact) mass is 334 g/mol. The number of alkyl halides is 1. The van der Waals surface area contributed by atoms with Gasteiger partial charge in [-0.15, -0.1) is 0 Å². The number of phenols is 1. The molecule has 0 aromatic heterocycles. The topological polar surface area (TPSA) is 37.3 Å². The largest absolute Gasteiger partial charge is 0.508 e. The zero-order valence-corrected chi connectivity index (χ0v) is 13.0. The van der Waals surface area contributed by atoms with Gasteiger partial charge in [0.1, 0.15) is 11.5 Å². The highest BCUT2D eigenvalue weighted by atomic mass is 79.9. The van der Waals surface area contributed by atoms with Gasteiger partial charge in [0.15, 0.2) is 0 Å². The summed E-state index contributed by atoms with van der Waals surface area (Å²) in [6.07, 6.45) is 5.20. The summed E-state index contributed by atoms with van der Waals surface area (Å²) in [6, 6.07) is 5.83. The van der Waals surface area contributed by atoms with Crippen LogP contribution < -0.4 is 0 Å². The van der Waals surface area contributed by atoms with E-state index in [0.717, 1.165) is 32.1 Å². The number of carbonyl (C=O) groups excluding carboxylic acids is 1. The third kappa shape index (κ3) is 1.78. The number of hydrogen-bond donors (Lipinski definition) is 1. The zero-order chi connectivity index (χ0) is 13.9. The average Bonchev–Trinajstić information content (AvgIpc) is 2.81. The maximum atomic E-state index is 12.0. The van der Waals surface area contributed by atoms with Gasteiger partial charge in [0.05, 0.1) is 0 Å². The van der Waals surface area contributed by atoms with Gasteiger partial charge in [-0.25, -0.2) is 0 Å². The fourth-order valence-corrected chi connectivity index (χ4v) is 5.78. The van der Waals surface area contributed by atoms with Gasteiger partial charge in [-0.3, -0.25) is 4.79 Å². The molecule has 1 N–H and O–H groups in total. The lowest BCUT2D eigenvalue weighted by Crippen LogP contribution is -2.36. The van der Waals surface area contributed by atoms with Gasteiger partial charge in [-0.05, 0) is 66.7 Å². The minimum atomic E-state index is 0.320. The summed E-state index contributed by atoms with van der Waals surface area (Å²) >= 11 is 3.80. The Labute approximate surface area is 127 Å². The van der Waals surface area contributed by atoms with Crippen LogP contribution in [0.1, 0.15) is 54.0 Å². The van der Waals surface area contributed by atoms with Crippen LogP contribution in [0.5, 0.6) is 5.75 Å². The minimum Gasteiger partial charge on any atom is -0.508 e. The van der Waals surface area contributed by atoms with Gasteiger partial charge in [-0.2, -0.15) is 0 Å². The van der Waals surface area contributed by atoms with Gasteiger partial charge in [0.2, 0.25) is 0 Å². The Morgan fingerprint density at radius 2 is 1.85 bits per heavy atom. The van der Waals surface area contributed by atoms with Crippen molar-refractivity contribution in [1.29, 1.82) is 0 Å². The Balaban J connectivity index is 1.74. The highest BCUT2D eigenvalue weighted by molar-refractivity contribution is 9.09. The van der Waals surface area contributed by atoms with Gasteiger partial charge < -0.3 is 5.11 Å². The molecular formula is C17H19BrO2. The van der Waals surface area contributed by atoms with Crippen LogP contribution in [0.15, 0.2) is 18.2 Å². The molecule has 0 aliphatic heterocycles. The molecule has 1 aromatic rings. The summed E-state index contributed by atoms with van der Waals surface area (Å²) in [7, 11) is 0. The molecule has 2 fully saturated rings. The molecule has 20 heavy (non-hydrogen) atoms. The summed E-state index contributed by atoms with van der Waals surface area (Å²) in [5.74, 6) is 3.04. The van der Waals surface area contributed by atoms with E-state index in [1.54, 1.807) is 0 Å². The molecule has 5 atom stereocenters. The molecule has 2 saturated carbocycles. The molecule has 4 unspecified atom stereocenters. The van der Waals surface area contributed by atoms with Crippen molar-refractivity contribution in [1.82, 2.24) is 0 Å². The number of ketones is 1. The van der Waals surface area contributed by atoms with E-state index in [2.05, 4.69) is 22.0 Å². The Morgan fingerprint density at radius 3 is 2.70 bits per heavy atom. The Kier molecular flexibility index (Phi) is 2.95. The summed E-state index contributed by atoms with van der Waals surface area (Å²) in [5, 5.41) is 9.72. The molecule has 3 heteroatoms.